The highest BCUT2D eigenvalue weighted by Crippen LogP contribution is 2.41. The minimum atomic E-state index is -2.90. The minimum absolute atomic E-state index is 0.0357. The highest BCUT2D eigenvalue weighted by atomic mass is 19.3. The van der Waals surface area contributed by atoms with Gasteiger partial charge in [0.05, 0.1) is 23.4 Å². The fraction of sp³-hybridized carbons (Fsp3) is 0.190. The third-order valence-electron chi connectivity index (χ3n) is 4.87. The molecule has 0 bridgehead atoms. The molecule has 0 radical (unpaired) electrons. The Morgan fingerprint density at radius 1 is 1.00 bits per heavy atom. The van der Waals surface area contributed by atoms with Crippen molar-refractivity contribution in [3.63, 3.8) is 0 Å². The van der Waals surface area contributed by atoms with E-state index in [0.717, 1.165) is 25.0 Å². The first kappa shape index (κ1) is 19.3. The maximum absolute atomic E-state index is 13.9. The van der Waals surface area contributed by atoms with Gasteiger partial charge in [-0.15, -0.1) is 0 Å². The Labute approximate surface area is 173 Å². The molecule has 2 aromatic carbocycles. The van der Waals surface area contributed by atoms with Gasteiger partial charge in [-0.05, 0) is 37.1 Å². The number of nitrogens with one attached hydrogen (secondary N) is 1. The molecule has 1 aliphatic rings. The van der Waals surface area contributed by atoms with E-state index in [1.54, 1.807) is 16.7 Å². The van der Waals surface area contributed by atoms with Gasteiger partial charge in [-0.2, -0.15) is 8.78 Å². The van der Waals surface area contributed by atoms with Crippen LogP contribution in [0.25, 0.3) is 16.9 Å². The first-order valence-electron chi connectivity index (χ1n) is 9.49. The molecule has 6 nitrogen and oxygen atoms in total. The second-order valence-corrected chi connectivity index (χ2v) is 7.13. The molecule has 0 saturated heterocycles. The van der Waals surface area contributed by atoms with Crippen molar-refractivity contribution < 1.29 is 22.3 Å². The summed E-state index contributed by atoms with van der Waals surface area (Å²) in [5.41, 5.74) is 1.33. The molecule has 0 spiro atoms. The molecule has 2 heterocycles. The molecule has 158 valence electrons. The van der Waals surface area contributed by atoms with Gasteiger partial charge in [0.15, 0.2) is 23.3 Å². The highest BCUT2D eigenvalue weighted by molar-refractivity contribution is 5.78. The van der Waals surface area contributed by atoms with E-state index in [1.807, 2.05) is 0 Å². The summed E-state index contributed by atoms with van der Waals surface area (Å²) in [4.78, 5) is 13.2. The van der Waals surface area contributed by atoms with Crippen LogP contribution in [-0.2, 0) is 0 Å². The van der Waals surface area contributed by atoms with Crippen LogP contribution in [0.15, 0.2) is 48.8 Å². The summed E-state index contributed by atoms with van der Waals surface area (Å²) in [5.74, 6) is -0.234. The zero-order chi connectivity index (χ0) is 21.5. The Morgan fingerprint density at radius 3 is 2.45 bits per heavy atom. The van der Waals surface area contributed by atoms with Gasteiger partial charge in [0.2, 0.25) is 0 Å². The summed E-state index contributed by atoms with van der Waals surface area (Å²) in [6.45, 7) is -2.90. The van der Waals surface area contributed by atoms with E-state index in [-0.39, 0.29) is 11.7 Å². The van der Waals surface area contributed by atoms with Gasteiger partial charge < -0.3 is 10.1 Å². The zero-order valence-electron chi connectivity index (χ0n) is 15.9. The molecule has 1 fully saturated rings. The zero-order valence-corrected chi connectivity index (χ0v) is 15.9. The molecule has 1 saturated carbocycles. The number of halogens is 4. The summed E-state index contributed by atoms with van der Waals surface area (Å²) < 4.78 is 58.2. The van der Waals surface area contributed by atoms with Crippen LogP contribution in [0.3, 0.4) is 0 Å². The van der Waals surface area contributed by atoms with Crippen molar-refractivity contribution in [1.82, 2.24) is 19.5 Å². The number of nitrogens with zero attached hydrogens (tertiary/aromatic N) is 4. The van der Waals surface area contributed by atoms with Crippen LogP contribution in [0.4, 0.5) is 29.1 Å². The van der Waals surface area contributed by atoms with Crippen LogP contribution in [0, 0.1) is 11.6 Å². The predicted molar refractivity (Wildman–Crippen MR) is 105 cm³/mol. The van der Waals surface area contributed by atoms with Crippen LogP contribution in [0.5, 0.6) is 5.75 Å². The molecule has 0 aliphatic heterocycles. The summed E-state index contributed by atoms with van der Waals surface area (Å²) in [6, 6.07) is 8.10. The number of aromatic nitrogens is 4. The van der Waals surface area contributed by atoms with Crippen LogP contribution in [-0.4, -0.2) is 26.1 Å². The topological polar surface area (TPSA) is 64.9 Å². The van der Waals surface area contributed by atoms with Crippen molar-refractivity contribution in [2.45, 2.75) is 25.4 Å². The third-order valence-corrected chi connectivity index (χ3v) is 4.87. The molecule has 1 N–H and O–H groups in total. The van der Waals surface area contributed by atoms with E-state index < -0.39 is 18.2 Å². The van der Waals surface area contributed by atoms with Crippen molar-refractivity contribution in [3.05, 3.63) is 66.3 Å². The largest absolute Gasteiger partial charge is 0.435 e. The van der Waals surface area contributed by atoms with E-state index in [0.29, 0.717) is 34.2 Å². The minimum Gasteiger partial charge on any atom is -0.435 e. The van der Waals surface area contributed by atoms with Crippen molar-refractivity contribution in [2.24, 2.45) is 0 Å². The van der Waals surface area contributed by atoms with Gasteiger partial charge in [0, 0.05) is 23.7 Å². The molecular formula is C21H15F4N5O. The van der Waals surface area contributed by atoms with Crippen molar-refractivity contribution >= 4 is 22.5 Å². The molecule has 10 heteroatoms. The van der Waals surface area contributed by atoms with Gasteiger partial charge in [-0.3, -0.25) is 9.55 Å². The van der Waals surface area contributed by atoms with Crippen molar-refractivity contribution in [2.75, 3.05) is 5.32 Å². The Hall–Kier alpha value is -3.69. The van der Waals surface area contributed by atoms with E-state index in [1.165, 1.54) is 24.5 Å². The number of rotatable bonds is 6. The Balaban J connectivity index is 1.50. The van der Waals surface area contributed by atoms with Crippen LogP contribution < -0.4 is 10.1 Å². The lowest BCUT2D eigenvalue weighted by molar-refractivity contribution is -0.0498. The molecule has 0 amide bonds. The van der Waals surface area contributed by atoms with Crippen LogP contribution >= 0.6 is 0 Å². The second-order valence-electron chi connectivity index (χ2n) is 7.13. The number of imidazole rings is 1. The first-order valence-corrected chi connectivity index (χ1v) is 9.49. The number of hydrogen-bond donors (Lipinski definition) is 1. The van der Waals surface area contributed by atoms with Crippen LogP contribution in [0.2, 0.25) is 0 Å². The van der Waals surface area contributed by atoms with E-state index in [9.17, 15) is 17.6 Å². The fourth-order valence-electron chi connectivity index (χ4n) is 3.34. The van der Waals surface area contributed by atoms with E-state index in [4.69, 9.17) is 0 Å². The van der Waals surface area contributed by atoms with Gasteiger partial charge >= 0.3 is 6.61 Å². The SMILES string of the molecule is Fc1cc2nc(C3CC3)n(-c3cncc(Nc4ccc(OC(F)F)cc4)n3)c2cc1F. The molecule has 5 rings (SSSR count). The first-order chi connectivity index (χ1) is 15.0. The third kappa shape index (κ3) is 3.88. The molecule has 31 heavy (non-hydrogen) atoms. The van der Waals surface area contributed by atoms with Gasteiger partial charge in [0.25, 0.3) is 0 Å². The number of ether oxygens (including phenoxy) is 1. The van der Waals surface area contributed by atoms with Crippen molar-refractivity contribution in [1.29, 1.82) is 0 Å². The number of anilines is 2. The van der Waals surface area contributed by atoms with Crippen molar-refractivity contribution in [3.8, 4) is 11.6 Å². The number of hydrogen-bond acceptors (Lipinski definition) is 5. The maximum Gasteiger partial charge on any atom is 0.387 e. The summed E-state index contributed by atoms with van der Waals surface area (Å²) in [5, 5.41) is 3.04. The number of fused-ring (bicyclic) bond motifs is 1. The molecule has 1 aliphatic carbocycles. The van der Waals surface area contributed by atoms with E-state index in [2.05, 4.69) is 25.0 Å². The average molecular weight is 429 g/mol. The summed E-state index contributed by atoms with van der Waals surface area (Å²) >= 11 is 0. The lowest BCUT2D eigenvalue weighted by Crippen LogP contribution is -2.05. The molecule has 2 aromatic heterocycles. The number of benzene rings is 2. The lowest BCUT2D eigenvalue weighted by Gasteiger charge is -2.11. The number of alkyl halides is 2. The smallest absolute Gasteiger partial charge is 0.387 e. The molecule has 0 atom stereocenters. The normalized spacial score (nSPS) is 13.7. The Kier molecular flexibility index (Phi) is 4.68. The summed E-state index contributed by atoms with van der Waals surface area (Å²) in [7, 11) is 0. The molecule has 4 aromatic rings. The fourth-order valence-corrected chi connectivity index (χ4v) is 3.34. The lowest BCUT2D eigenvalue weighted by atomic mass is 10.3. The monoisotopic (exact) mass is 429 g/mol. The second kappa shape index (κ2) is 7.53. The van der Waals surface area contributed by atoms with Gasteiger partial charge in [-0.1, -0.05) is 0 Å². The quantitative estimate of drug-likeness (QED) is 0.421. The Bertz CT molecular complexity index is 1250. The van der Waals surface area contributed by atoms with Crippen LogP contribution in [0.1, 0.15) is 24.6 Å². The predicted octanol–water partition coefficient (Wildman–Crippen LogP) is 5.32. The maximum atomic E-state index is 13.9. The Morgan fingerprint density at radius 2 is 1.74 bits per heavy atom. The molecular weight excluding hydrogens is 414 g/mol. The van der Waals surface area contributed by atoms with Gasteiger partial charge in [-0.25, -0.2) is 18.7 Å². The van der Waals surface area contributed by atoms with Gasteiger partial charge in [0.1, 0.15) is 11.6 Å². The standard InChI is InChI=1S/C21H15F4N5O/c22-14-7-16-17(8-15(14)23)30(20(28-16)11-1-2-11)19-10-26-9-18(29-19)27-12-3-5-13(6-4-12)31-21(24)25/h3-11,21H,1-2H2,(H,27,29). The van der Waals surface area contributed by atoms with E-state index >= 15 is 0 Å². The highest BCUT2D eigenvalue weighted by Gasteiger charge is 2.31. The average Bonchev–Trinajstić information content (AvgIpc) is 3.52. The summed E-state index contributed by atoms with van der Waals surface area (Å²) in [6.07, 6.45) is 4.88. The molecule has 0 unspecified atom stereocenters.